The maximum atomic E-state index is 13.5. The number of thiazole rings is 1. The van der Waals surface area contributed by atoms with Gasteiger partial charge in [0, 0.05) is 11.1 Å². The normalized spacial score (nSPS) is 12.3. The van der Waals surface area contributed by atoms with Gasteiger partial charge in [0.05, 0.1) is 23.6 Å². The first-order valence-corrected chi connectivity index (χ1v) is 11.3. The Labute approximate surface area is 208 Å². The SMILES string of the molecule is Cc1csc2nc(C(C)Nc3ncnc4[nH]cnc34)c(-c3ccc(F)cc3)c(=O)n12.O=C(O)C(F)(F)F. The van der Waals surface area contributed by atoms with Crippen molar-refractivity contribution < 1.29 is 27.5 Å². The number of hydrogen-bond donors (Lipinski definition) is 3. The molecule has 192 valence electrons. The topological polar surface area (TPSA) is 138 Å². The number of aryl methyl sites for hydroxylation is 1. The number of fused-ring (bicyclic) bond motifs is 2. The molecule has 0 fully saturated rings. The van der Waals surface area contributed by atoms with Crippen LogP contribution < -0.4 is 10.9 Å². The third-order valence-corrected chi connectivity index (χ3v) is 6.07. The van der Waals surface area contributed by atoms with E-state index in [1.807, 2.05) is 19.2 Å². The molecule has 0 bridgehead atoms. The second-order valence-electron chi connectivity index (χ2n) is 7.67. The van der Waals surface area contributed by atoms with Gasteiger partial charge in [0.15, 0.2) is 16.4 Å². The lowest BCUT2D eigenvalue weighted by Crippen LogP contribution is -2.23. The van der Waals surface area contributed by atoms with E-state index < -0.39 is 12.1 Å². The van der Waals surface area contributed by atoms with E-state index in [0.29, 0.717) is 38.8 Å². The molecule has 1 atom stereocenters. The van der Waals surface area contributed by atoms with Crippen molar-refractivity contribution >= 4 is 39.2 Å². The van der Waals surface area contributed by atoms with Crippen molar-refractivity contribution in [3.8, 4) is 11.1 Å². The average molecular weight is 535 g/mol. The molecule has 37 heavy (non-hydrogen) atoms. The van der Waals surface area contributed by atoms with Gasteiger partial charge in [0.2, 0.25) is 0 Å². The second-order valence-corrected chi connectivity index (χ2v) is 8.51. The molecule has 1 unspecified atom stereocenters. The number of aromatic amines is 1. The number of alkyl halides is 3. The number of carbonyl (C=O) groups is 1. The molecule has 15 heteroatoms. The van der Waals surface area contributed by atoms with Crippen molar-refractivity contribution in [2.75, 3.05) is 5.32 Å². The summed E-state index contributed by atoms with van der Waals surface area (Å²) in [5.74, 6) is -2.59. The molecule has 5 rings (SSSR count). The molecule has 10 nitrogen and oxygen atoms in total. The largest absolute Gasteiger partial charge is 0.490 e. The molecule has 3 N–H and O–H groups in total. The third kappa shape index (κ3) is 5.25. The van der Waals surface area contributed by atoms with Crippen LogP contribution in [0, 0.1) is 12.7 Å². The van der Waals surface area contributed by atoms with Crippen LogP contribution in [0.5, 0.6) is 0 Å². The Bertz CT molecular complexity index is 1640. The van der Waals surface area contributed by atoms with E-state index in [1.165, 1.54) is 29.8 Å². The van der Waals surface area contributed by atoms with Gasteiger partial charge in [-0.3, -0.25) is 9.20 Å². The van der Waals surface area contributed by atoms with Crippen LogP contribution in [-0.2, 0) is 4.79 Å². The monoisotopic (exact) mass is 535 g/mol. The minimum absolute atomic E-state index is 0.193. The standard InChI is InChI=1S/C20H16FN7OS.C2HF3O2/c1-10-7-30-20-27-15(11(2)26-18-16-17(23-8-22-16)24-9-25-18)14(19(29)28(10)20)12-3-5-13(21)6-4-12;3-2(4,5)1(6)7/h3-9,11H,1-2H3,(H2,22,23,24,25,26);(H,6,7). The van der Waals surface area contributed by atoms with Crippen molar-refractivity contribution in [3.63, 3.8) is 0 Å². The number of carboxylic acids is 1. The fraction of sp³-hybridized carbons (Fsp3) is 0.182. The van der Waals surface area contributed by atoms with Crippen molar-refractivity contribution in [2.45, 2.75) is 26.1 Å². The van der Waals surface area contributed by atoms with Gasteiger partial charge in [-0.2, -0.15) is 13.2 Å². The second kappa shape index (κ2) is 9.93. The summed E-state index contributed by atoms with van der Waals surface area (Å²) in [5.41, 5.74) is 3.38. The Kier molecular flexibility index (Phi) is 6.89. The highest BCUT2D eigenvalue weighted by atomic mass is 32.1. The smallest absolute Gasteiger partial charge is 0.475 e. The molecule has 0 aliphatic heterocycles. The van der Waals surface area contributed by atoms with Crippen LogP contribution in [0.1, 0.15) is 24.4 Å². The van der Waals surface area contributed by atoms with E-state index in [4.69, 9.17) is 14.9 Å². The summed E-state index contributed by atoms with van der Waals surface area (Å²) in [5, 5.41) is 12.3. The van der Waals surface area contributed by atoms with E-state index >= 15 is 0 Å². The molecule has 0 radical (unpaired) electrons. The summed E-state index contributed by atoms with van der Waals surface area (Å²) in [4.78, 5) is 43.3. The van der Waals surface area contributed by atoms with Gasteiger partial charge in [-0.1, -0.05) is 12.1 Å². The zero-order valence-corrected chi connectivity index (χ0v) is 19.9. The quantitative estimate of drug-likeness (QED) is 0.289. The fourth-order valence-corrected chi connectivity index (χ4v) is 4.31. The van der Waals surface area contributed by atoms with Gasteiger partial charge < -0.3 is 15.4 Å². The number of hydrogen-bond acceptors (Lipinski definition) is 8. The summed E-state index contributed by atoms with van der Waals surface area (Å²) in [6, 6.07) is 5.48. The third-order valence-electron chi connectivity index (χ3n) is 5.12. The number of imidazole rings is 1. The zero-order valence-electron chi connectivity index (χ0n) is 19.0. The molecule has 0 aliphatic rings. The van der Waals surface area contributed by atoms with Gasteiger partial charge in [0.25, 0.3) is 5.56 Å². The Morgan fingerprint density at radius 2 is 1.86 bits per heavy atom. The number of anilines is 1. The summed E-state index contributed by atoms with van der Waals surface area (Å²) in [7, 11) is 0. The van der Waals surface area contributed by atoms with Gasteiger partial charge in [-0.05, 0) is 31.5 Å². The van der Waals surface area contributed by atoms with Gasteiger partial charge in [0.1, 0.15) is 17.7 Å². The number of aliphatic carboxylic acids is 1. The summed E-state index contributed by atoms with van der Waals surface area (Å²) < 4.78 is 46.8. The number of carboxylic acid groups (broad SMARTS) is 1. The highest BCUT2D eigenvalue weighted by molar-refractivity contribution is 7.15. The molecule has 0 spiro atoms. The van der Waals surface area contributed by atoms with E-state index in [9.17, 15) is 22.4 Å². The Morgan fingerprint density at radius 1 is 1.19 bits per heavy atom. The predicted molar refractivity (Wildman–Crippen MR) is 127 cm³/mol. The first-order valence-electron chi connectivity index (χ1n) is 10.4. The predicted octanol–water partition coefficient (Wildman–Crippen LogP) is 4.34. The molecule has 0 saturated heterocycles. The maximum absolute atomic E-state index is 13.5. The first-order chi connectivity index (χ1) is 17.5. The molecule has 4 heterocycles. The summed E-state index contributed by atoms with van der Waals surface area (Å²) >= 11 is 1.40. The highest BCUT2D eigenvalue weighted by Crippen LogP contribution is 2.29. The summed E-state index contributed by atoms with van der Waals surface area (Å²) in [6.07, 6.45) is -2.10. The Hall–Kier alpha value is -4.40. The minimum Gasteiger partial charge on any atom is -0.475 e. The van der Waals surface area contributed by atoms with Crippen LogP contribution in [0.3, 0.4) is 0 Å². The van der Waals surface area contributed by atoms with Crippen LogP contribution in [-0.4, -0.2) is 46.6 Å². The van der Waals surface area contributed by atoms with Crippen LogP contribution in [0.4, 0.5) is 23.4 Å². The Balaban J connectivity index is 0.000000405. The van der Waals surface area contributed by atoms with Gasteiger partial charge in [-0.15, -0.1) is 11.3 Å². The molecule has 0 amide bonds. The average Bonchev–Trinajstić information content (AvgIpc) is 3.47. The van der Waals surface area contributed by atoms with Gasteiger partial charge in [-0.25, -0.2) is 29.1 Å². The maximum Gasteiger partial charge on any atom is 0.490 e. The van der Waals surface area contributed by atoms with Gasteiger partial charge >= 0.3 is 12.1 Å². The lowest BCUT2D eigenvalue weighted by Gasteiger charge is -2.18. The zero-order chi connectivity index (χ0) is 26.9. The van der Waals surface area contributed by atoms with E-state index in [1.54, 1.807) is 22.9 Å². The number of aromatic nitrogens is 6. The molecule has 5 aromatic rings. The number of H-pyrrole nitrogens is 1. The van der Waals surface area contributed by atoms with Crippen molar-refractivity contribution in [2.24, 2.45) is 0 Å². The number of nitrogens with zero attached hydrogens (tertiary/aromatic N) is 5. The van der Waals surface area contributed by atoms with Crippen molar-refractivity contribution in [1.82, 2.24) is 29.3 Å². The lowest BCUT2D eigenvalue weighted by molar-refractivity contribution is -0.192. The molecule has 4 aromatic heterocycles. The number of benzene rings is 1. The van der Waals surface area contributed by atoms with E-state index in [-0.39, 0.29) is 17.4 Å². The molecule has 0 saturated carbocycles. The number of halogens is 4. The van der Waals surface area contributed by atoms with E-state index in [2.05, 4.69) is 25.3 Å². The van der Waals surface area contributed by atoms with Crippen LogP contribution >= 0.6 is 11.3 Å². The fourth-order valence-electron chi connectivity index (χ4n) is 3.44. The van der Waals surface area contributed by atoms with Crippen molar-refractivity contribution in [3.05, 3.63) is 69.9 Å². The van der Waals surface area contributed by atoms with Crippen LogP contribution in [0.25, 0.3) is 27.3 Å². The lowest BCUT2D eigenvalue weighted by atomic mass is 10.0. The van der Waals surface area contributed by atoms with Crippen LogP contribution in [0.2, 0.25) is 0 Å². The molecular formula is C22H17F4N7O3S. The first kappa shape index (κ1) is 25.7. The highest BCUT2D eigenvalue weighted by Gasteiger charge is 2.38. The Morgan fingerprint density at radius 3 is 2.51 bits per heavy atom. The number of rotatable bonds is 4. The molecule has 1 aromatic carbocycles. The van der Waals surface area contributed by atoms with Crippen LogP contribution in [0.15, 0.2) is 47.1 Å². The summed E-state index contributed by atoms with van der Waals surface area (Å²) in [6.45, 7) is 3.75. The molecule has 0 aliphatic carbocycles. The van der Waals surface area contributed by atoms with Crippen molar-refractivity contribution in [1.29, 1.82) is 0 Å². The molecular weight excluding hydrogens is 518 g/mol. The van der Waals surface area contributed by atoms with E-state index in [0.717, 1.165) is 5.69 Å². The minimum atomic E-state index is -5.08. The number of nitrogens with one attached hydrogen (secondary N) is 2.